The predicted octanol–water partition coefficient (Wildman–Crippen LogP) is 3.73. The van der Waals surface area contributed by atoms with Gasteiger partial charge in [0.05, 0.1) is 9.86 Å². The Morgan fingerprint density at radius 1 is 1.43 bits per heavy atom. The van der Waals surface area contributed by atoms with Gasteiger partial charge in [-0.2, -0.15) is 0 Å². The molecule has 0 unspecified atom stereocenters. The zero-order valence-electron chi connectivity index (χ0n) is 12.9. The Morgan fingerprint density at radius 2 is 2.13 bits per heavy atom. The molecule has 0 atom stereocenters. The van der Waals surface area contributed by atoms with Crippen LogP contribution in [0.15, 0.2) is 33.7 Å². The van der Waals surface area contributed by atoms with E-state index in [1.807, 2.05) is 0 Å². The van der Waals surface area contributed by atoms with Crippen molar-refractivity contribution in [1.29, 1.82) is 0 Å². The van der Waals surface area contributed by atoms with Gasteiger partial charge < -0.3 is 15.0 Å². The molecule has 2 rings (SSSR count). The standard InChI is InChI=1S/C16H18BrFN2O3/c1-16(2,19-15(22)23)5-3-6-20-7-4-10-8-12(17)13(18)9-11(10)14(20)21/h4,7-9,19H,3,5-6H2,1-2H3,(H,22,23). The Balaban J connectivity index is 2.15. The van der Waals surface area contributed by atoms with Crippen molar-refractivity contribution in [3.05, 3.63) is 45.0 Å². The maximum absolute atomic E-state index is 13.6. The molecule has 124 valence electrons. The lowest BCUT2D eigenvalue weighted by molar-refractivity contribution is 0.180. The number of pyridine rings is 1. The van der Waals surface area contributed by atoms with Crippen LogP contribution in [0.5, 0.6) is 0 Å². The second-order valence-electron chi connectivity index (χ2n) is 6.09. The number of fused-ring (bicyclic) bond motifs is 1. The van der Waals surface area contributed by atoms with Gasteiger partial charge in [0.1, 0.15) is 5.82 Å². The molecule has 0 aliphatic carbocycles. The highest BCUT2D eigenvalue weighted by atomic mass is 79.9. The summed E-state index contributed by atoms with van der Waals surface area (Å²) in [5, 5.41) is 12.2. The Labute approximate surface area is 141 Å². The fraction of sp³-hybridized carbons (Fsp3) is 0.375. The number of benzene rings is 1. The van der Waals surface area contributed by atoms with Crippen molar-refractivity contribution in [2.24, 2.45) is 0 Å². The molecule has 0 radical (unpaired) electrons. The molecule has 1 heterocycles. The third kappa shape index (κ3) is 4.31. The molecule has 2 aromatic rings. The number of nitrogens with one attached hydrogen (secondary N) is 1. The fourth-order valence-electron chi connectivity index (χ4n) is 2.50. The highest BCUT2D eigenvalue weighted by Gasteiger charge is 2.19. The quantitative estimate of drug-likeness (QED) is 0.824. The van der Waals surface area contributed by atoms with Crippen LogP contribution in [0.1, 0.15) is 26.7 Å². The molecule has 0 aliphatic heterocycles. The van der Waals surface area contributed by atoms with Gasteiger partial charge in [0.25, 0.3) is 5.56 Å². The van der Waals surface area contributed by atoms with Crippen molar-refractivity contribution >= 4 is 32.8 Å². The zero-order valence-corrected chi connectivity index (χ0v) is 14.5. The van der Waals surface area contributed by atoms with Crippen molar-refractivity contribution in [3.8, 4) is 0 Å². The number of hydrogen-bond donors (Lipinski definition) is 2. The Hall–Kier alpha value is -1.89. The molecule has 5 nitrogen and oxygen atoms in total. The number of halogens is 2. The van der Waals surface area contributed by atoms with Crippen LogP contribution in [0.25, 0.3) is 10.8 Å². The molecule has 7 heteroatoms. The number of aryl methyl sites for hydroxylation is 1. The first-order chi connectivity index (χ1) is 10.7. The van der Waals surface area contributed by atoms with Crippen LogP contribution >= 0.6 is 15.9 Å². The molecule has 1 aromatic carbocycles. The smallest absolute Gasteiger partial charge is 0.405 e. The van der Waals surface area contributed by atoms with E-state index < -0.39 is 17.4 Å². The monoisotopic (exact) mass is 384 g/mol. The normalized spacial score (nSPS) is 11.7. The molecule has 0 bridgehead atoms. The Morgan fingerprint density at radius 3 is 2.78 bits per heavy atom. The highest BCUT2D eigenvalue weighted by molar-refractivity contribution is 9.10. The number of carboxylic acid groups (broad SMARTS) is 1. The van der Waals surface area contributed by atoms with Gasteiger partial charge in [-0.05, 0) is 66.2 Å². The van der Waals surface area contributed by atoms with E-state index in [1.54, 1.807) is 32.2 Å². The topological polar surface area (TPSA) is 71.3 Å². The first-order valence-corrected chi connectivity index (χ1v) is 7.98. The van der Waals surface area contributed by atoms with Crippen molar-refractivity contribution in [3.63, 3.8) is 0 Å². The molecule has 0 aliphatic rings. The molecule has 1 amide bonds. The van der Waals surface area contributed by atoms with Crippen molar-refractivity contribution in [2.75, 3.05) is 0 Å². The lowest BCUT2D eigenvalue weighted by Crippen LogP contribution is -2.42. The number of amides is 1. The third-order valence-corrected chi connectivity index (χ3v) is 4.27. The van der Waals surface area contributed by atoms with Crippen LogP contribution in [0.4, 0.5) is 9.18 Å². The summed E-state index contributed by atoms with van der Waals surface area (Å²) in [5.74, 6) is -0.473. The summed E-state index contributed by atoms with van der Waals surface area (Å²) in [5.41, 5.74) is -0.818. The molecule has 0 spiro atoms. The van der Waals surface area contributed by atoms with Gasteiger partial charge in [-0.15, -0.1) is 0 Å². The van der Waals surface area contributed by atoms with E-state index in [-0.39, 0.29) is 5.56 Å². The summed E-state index contributed by atoms with van der Waals surface area (Å²) in [7, 11) is 0. The van der Waals surface area contributed by atoms with Gasteiger partial charge in [-0.1, -0.05) is 0 Å². The van der Waals surface area contributed by atoms with Gasteiger partial charge >= 0.3 is 6.09 Å². The molecule has 1 aromatic heterocycles. The van der Waals surface area contributed by atoms with Crippen LogP contribution in [0.3, 0.4) is 0 Å². The van der Waals surface area contributed by atoms with E-state index in [0.29, 0.717) is 34.6 Å². The first-order valence-electron chi connectivity index (χ1n) is 7.19. The van der Waals surface area contributed by atoms with E-state index in [4.69, 9.17) is 5.11 Å². The summed E-state index contributed by atoms with van der Waals surface area (Å²) in [4.78, 5) is 23.1. The van der Waals surface area contributed by atoms with Crippen LogP contribution in [-0.4, -0.2) is 21.3 Å². The molecule has 0 saturated carbocycles. The predicted molar refractivity (Wildman–Crippen MR) is 90.3 cm³/mol. The molecule has 0 saturated heterocycles. The Kier molecular flexibility index (Phi) is 5.09. The van der Waals surface area contributed by atoms with Gasteiger partial charge in [0.15, 0.2) is 0 Å². The summed E-state index contributed by atoms with van der Waals surface area (Å²) in [6.45, 7) is 4.02. The van der Waals surface area contributed by atoms with Gasteiger partial charge in [0, 0.05) is 18.3 Å². The minimum Gasteiger partial charge on any atom is -0.465 e. The molecule has 23 heavy (non-hydrogen) atoms. The van der Waals surface area contributed by atoms with Crippen LogP contribution in [-0.2, 0) is 6.54 Å². The zero-order chi connectivity index (χ0) is 17.2. The number of nitrogens with zero attached hydrogens (tertiary/aromatic N) is 1. The lowest BCUT2D eigenvalue weighted by atomic mass is 9.99. The van der Waals surface area contributed by atoms with E-state index in [0.717, 1.165) is 0 Å². The second kappa shape index (κ2) is 6.70. The maximum atomic E-state index is 13.6. The van der Waals surface area contributed by atoms with E-state index in [1.165, 1.54) is 10.6 Å². The van der Waals surface area contributed by atoms with E-state index >= 15 is 0 Å². The van der Waals surface area contributed by atoms with Crippen LogP contribution in [0, 0.1) is 5.82 Å². The van der Waals surface area contributed by atoms with Gasteiger partial charge in [-0.25, -0.2) is 9.18 Å². The van der Waals surface area contributed by atoms with Crippen molar-refractivity contribution in [2.45, 2.75) is 38.8 Å². The SMILES string of the molecule is CC(C)(CCCn1ccc2cc(Br)c(F)cc2c1=O)NC(=O)O. The lowest BCUT2D eigenvalue weighted by Gasteiger charge is -2.24. The van der Waals surface area contributed by atoms with Crippen molar-refractivity contribution < 1.29 is 14.3 Å². The number of rotatable bonds is 5. The van der Waals surface area contributed by atoms with Crippen LogP contribution in [0.2, 0.25) is 0 Å². The van der Waals surface area contributed by atoms with Gasteiger partial charge in [0.2, 0.25) is 0 Å². The summed E-state index contributed by atoms with van der Waals surface area (Å²) in [6.07, 6.45) is 1.81. The van der Waals surface area contributed by atoms with Crippen LogP contribution < -0.4 is 10.9 Å². The summed E-state index contributed by atoms with van der Waals surface area (Å²) < 4.78 is 15.5. The van der Waals surface area contributed by atoms with Gasteiger partial charge in [-0.3, -0.25) is 4.79 Å². The minimum atomic E-state index is -1.07. The second-order valence-corrected chi connectivity index (χ2v) is 6.94. The molecule has 0 fully saturated rings. The average molecular weight is 385 g/mol. The Bertz CT molecular complexity index is 802. The van der Waals surface area contributed by atoms with Crippen molar-refractivity contribution in [1.82, 2.24) is 9.88 Å². The summed E-state index contributed by atoms with van der Waals surface area (Å²) in [6, 6.07) is 4.58. The first kappa shape index (κ1) is 17.5. The highest BCUT2D eigenvalue weighted by Crippen LogP contribution is 2.21. The van der Waals surface area contributed by atoms with E-state index in [2.05, 4.69) is 21.2 Å². The third-order valence-electron chi connectivity index (χ3n) is 3.66. The fourth-order valence-corrected chi connectivity index (χ4v) is 2.86. The van der Waals surface area contributed by atoms with E-state index in [9.17, 15) is 14.0 Å². The molecule has 2 N–H and O–H groups in total. The minimum absolute atomic E-state index is 0.252. The number of aromatic nitrogens is 1. The summed E-state index contributed by atoms with van der Waals surface area (Å²) >= 11 is 3.10. The maximum Gasteiger partial charge on any atom is 0.405 e. The largest absolute Gasteiger partial charge is 0.465 e. The number of hydrogen-bond acceptors (Lipinski definition) is 2. The average Bonchev–Trinajstić information content (AvgIpc) is 2.42. The number of carbonyl (C=O) groups is 1. The molecular formula is C16H18BrFN2O3. The molecular weight excluding hydrogens is 367 g/mol.